The second-order valence-electron chi connectivity index (χ2n) is 6.05. The first kappa shape index (κ1) is 16.2. The highest BCUT2D eigenvalue weighted by Crippen LogP contribution is 2.31. The Hall–Kier alpha value is -1.25. The van der Waals surface area contributed by atoms with E-state index in [1.165, 1.54) is 0 Å². The molecule has 1 aromatic heterocycles. The number of nitrogens with zero attached hydrogens (tertiary/aromatic N) is 3. The largest absolute Gasteiger partial charge is 0.409 e. The van der Waals surface area contributed by atoms with Gasteiger partial charge in [0.1, 0.15) is 0 Å². The van der Waals surface area contributed by atoms with Crippen molar-refractivity contribution in [2.75, 3.05) is 26.3 Å². The maximum Gasteiger partial charge on any atom is 0.288 e. The summed E-state index contributed by atoms with van der Waals surface area (Å²) in [5.41, 5.74) is 0.817. The minimum absolute atomic E-state index is 0.360. The monoisotopic (exact) mass is 367 g/mol. The fourth-order valence-electron chi connectivity index (χ4n) is 3.14. The van der Waals surface area contributed by atoms with E-state index in [1.54, 1.807) is 4.68 Å². The summed E-state index contributed by atoms with van der Waals surface area (Å²) in [6.45, 7) is 3.73. The van der Waals surface area contributed by atoms with Crippen molar-refractivity contribution >= 4 is 23.8 Å². The van der Waals surface area contributed by atoms with Crippen LogP contribution in [0.15, 0.2) is 28.7 Å². The van der Waals surface area contributed by atoms with E-state index >= 15 is 0 Å². The molecule has 1 spiro atoms. The van der Waals surface area contributed by atoms with E-state index in [2.05, 4.69) is 10.00 Å². The number of rotatable bonds is 3. The van der Waals surface area contributed by atoms with Crippen molar-refractivity contribution in [1.29, 1.82) is 0 Å². The molecular weight excluding hydrogens is 350 g/mol. The van der Waals surface area contributed by atoms with Crippen LogP contribution in [0, 0.1) is 4.84 Å². The summed E-state index contributed by atoms with van der Waals surface area (Å²) in [7, 11) is 0. The average Bonchev–Trinajstić information content (AvgIpc) is 3.18. The molecule has 0 atom stereocenters. The third kappa shape index (κ3) is 3.27. The lowest BCUT2D eigenvalue weighted by atomic mass is 10.0. The molecule has 0 saturated carbocycles. The van der Waals surface area contributed by atoms with Crippen molar-refractivity contribution < 1.29 is 13.9 Å². The van der Waals surface area contributed by atoms with Crippen LogP contribution in [0.3, 0.4) is 0 Å². The van der Waals surface area contributed by atoms with Crippen LogP contribution < -0.4 is 0 Å². The second kappa shape index (κ2) is 6.57. The molecule has 2 aliphatic heterocycles. The fraction of sp³-hybridized carbons (Fsp3) is 0.500. The standard InChI is InChI=1S/C16H18ClN3O3S/c17-13-3-1-2-12(10-13)14-18-20(15(24)23-14)11-19-6-4-16(5-7-19)21-8-9-22-16/h1-3,10H,4-9,11H2. The first-order valence-corrected chi connectivity index (χ1v) is 8.76. The lowest BCUT2D eigenvalue weighted by Crippen LogP contribution is -2.45. The van der Waals surface area contributed by atoms with Gasteiger partial charge in [-0.3, -0.25) is 4.90 Å². The Morgan fingerprint density at radius 3 is 2.67 bits per heavy atom. The van der Waals surface area contributed by atoms with Gasteiger partial charge in [-0.1, -0.05) is 17.7 Å². The molecular formula is C16H18ClN3O3S. The molecule has 0 aliphatic carbocycles. The molecule has 2 fully saturated rings. The first-order chi connectivity index (χ1) is 11.6. The molecule has 4 rings (SSSR count). The Morgan fingerprint density at radius 1 is 1.21 bits per heavy atom. The Morgan fingerprint density at radius 2 is 1.96 bits per heavy atom. The molecule has 24 heavy (non-hydrogen) atoms. The molecule has 0 radical (unpaired) electrons. The zero-order valence-electron chi connectivity index (χ0n) is 13.1. The van der Waals surface area contributed by atoms with E-state index in [1.807, 2.05) is 24.3 Å². The van der Waals surface area contributed by atoms with Crippen LogP contribution >= 0.6 is 23.8 Å². The highest BCUT2D eigenvalue weighted by molar-refractivity contribution is 7.71. The van der Waals surface area contributed by atoms with Gasteiger partial charge < -0.3 is 13.9 Å². The Bertz CT molecular complexity index is 775. The van der Waals surface area contributed by atoms with Crippen molar-refractivity contribution in [3.8, 4) is 11.5 Å². The van der Waals surface area contributed by atoms with Gasteiger partial charge in [0, 0.05) is 36.5 Å². The van der Waals surface area contributed by atoms with Gasteiger partial charge in [0.2, 0.25) is 5.89 Å². The molecule has 1 aromatic carbocycles. The molecule has 6 nitrogen and oxygen atoms in total. The lowest BCUT2D eigenvalue weighted by Gasteiger charge is -2.37. The number of hydrogen-bond acceptors (Lipinski definition) is 6. The summed E-state index contributed by atoms with van der Waals surface area (Å²) in [6, 6.07) is 7.39. The van der Waals surface area contributed by atoms with E-state index in [-0.39, 0.29) is 5.79 Å². The number of piperidine rings is 1. The Balaban J connectivity index is 1.45. The molecule has 0 N–H and O–H groups in total. The summed E-state index contributed by atoms with van der Waals surface area (Å²) in [5.74, 6) is 0.117. The molecule has 2 aliphatic rings. The molecule has 0 amide bonds. The fourth-order valence-corrected chi connectivity index (χ4v) is 3.51. The normalized spacial score (nSPS) is 20.7. The van der Waals surface area contributed by atoms with Gasteiger partial charge in [0.05, 0.1) is 19.9 Å². The van der Waals surface area contributed by atoms with Crippen molar-refractivity contribution in [2.24, 2.45) is 0 Å². The quantitative estimate of drug-likeness (QED) is 0.776. The van der Waals surface area contributed by atoms with E-state index in [0.29, 0.717) is 35.6 Å². The summed E-state index contributed by atoms with van der Waals surface area (Å²) >= 11 is 11.3. The number of likely N-dealkylation sites (tertiary alicyclic amines) is 1. The van der Waals surface area contributed by atoms with Crippen molar-refractivity contribution in [3.63, 3.8) is 0 Å². The minimum atomic E-state index is -0.367. The van der Waals surface area contributed by atoms with Crippen LogP contribution in [-0.2, 0) is 16.1 Å². The van der Waals surface area contributed by atoms with Crippen LogP contribution in [0.1, 0.15) is 12.8 Å². The minimum Gasteiger partial charge on any atom is -0.409 e. The maximum absolute atomic E-state index is 6.02. The van der Waals surface area contributed by atoms with Crippen LogP contribution in [0.25, 0.3) is 11.5 Å². The number of aromatic nitrogens is 2. The highest BCUT2D eigenvalue weighted by Gasteiger charge is 2.39. The highest BCUT2D eigenvalue weighted by atomic mass is 35.5. The van der Waals surface area contributed by atoms with Crippen molar-refractivity contribution in [3.05, 3.63) is 34.1 Å². The van der Waals surface area contributed by atoms with Gasteiger partial charge in [-0.25, -0.2) is 4.68 Å². The van der Waals surface area contributed by atoms with Crippen LogP contribution in [-0.4, -0.2) is 46.8 Å². The summed E-state index contributed by atoms with van der Waals surface area (Å²) in [5, 5.41) is 5.13. The third-order valence-electron chi connectivity index (χ3n) is 4.44. The topological polar surface area (TPSA) is 52.7 Å². The van der Waals surface area contributed by atoms with Crippen LogP contribution in [0.4, 0.5) is 0 Å². The molecule has 0 bridgehead atoms. The smallest absolute Gasteiger partial charge is 0.288 e. The second-order valence-corrected chi connectivity index (χ2v) is 6.84. The number of ether oxygens (including phenoxy) is 2. The van der Waals surface area contributed by atoms with E-state index < -0.39 is 0 Å². The summed E-state index contributed by atoms with van der Waals surface area (Å²) in [4.78, 5) is 2.63. The zero-order chi connectivity index (χ0) is 16.6. The van der Waals surface area contributed by atoms with Gasteiger partial charge in [-0.15, -0.1) is 5.10 Å². The maximum atomic E-state index is 6.02. The SMILES string of the molecule is S=c1oc(-c2cccc(Cl)c2)nn1CN1CCC2(CC1)OCCO2. The lowest BCUT2D eigenvalue weighted by molar-refractivity contribution is -0.187. The third-order valence-corrected chi connectivity index (χ3v) is 4.97. The average molecular weight is 368 g/mol. The summed E-state index contributed by atoms with van der Waals surface area (Å²) < 4.78 is 18.8. The Kier molecular flexibility index (Phi) is 4.44. The molecule has 0 unspecified atom stereocenters. The molecule has 8 heteroatoms. The number of halogens is 1. The van der Waals surface area contributed by atoms with Crippen molar-refractivity contribution in [1.82, 2.24) is 14.7 Å². The predicted molar refractivity (Wildman–Crippen MR) is 91.2 cm³/mol. The number of benzene rings is 1. The van der Waals surface area contributed by atoms with Gasteiger partial charge in [-0.05, 0) is 30.4 Å². The number of hydrogen-bond donors (Lipinski definition) is 0. The Labute approximate surface area is 149 Å². The molecule has 3 heterocycles. The van der Waals surface area contributed by atoms with Crippen LogP contribution in [0.2, 0.25) is 5.02 Å². The van der Waals surface area contributed by atoms with E-state index in [0.717, 1.165) is 31.5 Å². The van der Waals surface area contributed by atoms with Gasteiger partial charge >= 0.3 is 0 Å². The molecule has 2 saturated heterocycles. The van der Waals surface area contributed by atoms with Gasteiger partial charge in [0.25, 0.3) is 4.84 Å². The van der Waals surface area contributed by atoms with Crippen LogP contribution in [0.5, 0.6) is 0 Å². The van der Waals surface area contributed by atoms with Gasteiger partial charge in [-0.2, -0.15) is 0 Å². The molecule has 2 aromatic rings. The molecule has 128 valence electrons. The summed E-state index contributed by atoms with van der Waals surface area (Å²) in [6.07, 6.45) is 1.72. The predicted octanol–water partition coefficient (Wildman–Crippen LogP) is 3.32. The van der Waals surface area contributed by atoms with Gasteiger partial charge in [0.15, 0.2) is 5.79 Å². The van der Waals surface area contributed by atoms with Crippen molar-refractivity contribution in [2.45, 2.75) is 25.3 Å². The zero-order valence-corrected chi connectivity index (χ0v) is 14.7. The first-order valence-electron chi connectivity index (χ1n) is 7.98. The van der Waals surface area contributed by atoms with E-state index in [4.69, 9.17) is 37.7 Å². The van der Waals surface area contributed by atoms with E-state index in [9.17, 15) is 0 Å².